The molecular formula is C16H22N2O3S. The number of rotatable bonds is 5. The Labute approximate surface area is 135 Å². The molecule has 22 heavy (non-hydrogen) atoms. The zero-order valence-corrected chi connectivity index (χ0v) is 13.5. The summed E-state index contributed by atoms with van der Waals surface area (Å²) in [5.74, 6) is -0.252. The van der Waals surface area contributed by atoms with Gasteiger partial charge in [0.2, 0.25) is 0 Å². The van der Waals surface area contributed by atoms with E-state index in [4.69, 9.17) is 5.11 Å². The van der Waals surface area contributed by atoms with Crippen LogP contribution in [-0.4, -0.2) is 47.4 Å². The third-order valence-corrected chi connectivity index (χ3v) is 4.70. The first-order valence-electron chi connectivity index (χ1n) is 7.49. The lowest BCUT2D eigenvalue weighted by Gasteiger charge is -2.34. The van der Waals surface area contributed by atoms with Crippen molar-refractivity contribution in [3.05, 3.63) is 30.3 Å². The highest BCUT2D eigenvalue weighted by molar-refractivity contribution is 7.99. The lowest BCUT2D eigenvalue weighted by atomic mass is 9.91. The van der Waals surface area contributed by atoms with Crippen LogP contribution < -0.4 is 5.32 Å². The van der Waals surface area contributed by atoms with Crippen molar-refractivity contribution in [3.63, 3.8) is 0 Å². The summed E-state index contributed by atoms with van der Waals surface area (Å²) in [6.45, 7) is 3.49. The van der Waals surface area contributed by atoms with Gasteiger partial charge in [0.15, 0.2) is 0 Å². The topological polar surface area (TPSA) is 69.6 Å². The Kier molecular flexibility index (Phi) is 6.12. The Balaban J connectivity index is 1.73. The van der Waals surface area contributed by atoms with Crippen LogP contribution in [0.25, 0.3) is 0 Å². The molecule has 0 bridgehead atoms. The molecule has 2 rings (SSSR count). The van der Waals surface area contributed by atoms with Crippen LogP contribution in [-0.2, 0) is 4.79 Å². The van der Waals surface area contributed by atoms with Gasteiger partial charge in [-0.3, -0.25) is 4.79 Å². The van der Waals surface area contributed by atoms with Gasteiger partial charge in [0.25, 0.3) is 0 Å². The molecule has 2 N–H and O–H groups in total. The van der Waals surface area contributed by atoms with Gasteiger partial charge < -0.3 is 15.3 Å². The van der Waals surface area contributed by atoms with Gasteiger partial charge in [0, 0.05) is 30.3 Å². The number of nitrogens with one attached hydrogen (secondary N) is 1. The highest BCUT2D eigenvalue weighted by Crippen LogP contribution is 2.22. The van der Waals surface area contributed by atoms with Crippen molar-refractivity contribution in [1.82, 2.24) is 10.2 Å². The van der Waals surface area contributed by atoms with Crippen molar-refractivity contribution in [3.8, 4) is 0 Å². The third-order valence-electron chi connectivity index (χ3n) is 3.69. The third kappa shape index (κ3) is 4.94. The quantitative estimate of drug-likeness (QED) is 0.645. The van der Waals surface area contributed by atoms with Gasteiger partial charge in [-0.2, -0.15) is 0 Å². The van der Waals surface area contributed by atoms with E-state index in [0.717, 1.165) is 5.75 Å². The summed E-state index contributed by atoms with van der Waals surface area (Å²) in [5.41, 5.74) is 0. The maximum Gasteiger partial charge on any atom is 0.317 e. The molecule has 2 unspecified atom stereocenters. The Morgan fingerprint density at radius 1 is 1.32 bits per heavy atom. The minimum absolute atomic E-state index is 0.161. The zero-order chi connectivity index (χ0) is 15.9. The zero-order valence-electron chi connectivity index (χ0n) is 12.7. The summed E-state index contributed by atoms with van der Waals surface area (Å²) in [5, 5.41) is 12.0. The molecular weight excluding hydrogens is 300 g/mol. The summed E-state index contributed by atoms with van der Waals surface area (Å²) in [6, 6.07) is 9.87. The molecule has 1 aliphatic heterocycles. The van der Waals surface area contributed by atoms with Crippen molar-refractivity contribution >= 4 is 23.8 Å². The monoisotopic (exact) mass is 322 g/mol. The number of urea groups is 1. The molecule has 0 saturated carbocycles. The van der Waals surface area contributed by atoms with Crippen LogP contribution >= 0.6 is 11.8 Å². The molecule has 0 aromatic heterocycles. The van der Waals surface area contributed by atoms with Gasteiger partial charge in [-0.1, -0.05) is 25.1 Å². The number of hydrogen-bond donors (Lipinski definition) is 2. The van der Waals surface area contributed by atoms with Crippen LogP contribution in [0.3, 0.4) is 0 Å². The predicted octanol–water partition coefficient (Wildman–Crippen LogP) is 2.53. The fourth-order valence-electron chi connectivity index (χ4n) is 2.65. The van der Waals surface area contributed by atoms with Gasteiger partial charge in [-0.15, -0.1) is 11.8 Å². The number of likely N-dealkylation sites (tertiary alicyclic amines) is 1. The van der Waals surface area contributed by atoms with Crippen molar-refractivity contribution in [2.75, 3.05) is 25.4 Å². The number of amides is 2. The number of aliphatic carboxylic acids is 1. The fraction of sp³-hybridized carbons (Fsp3) is 0.500. The molecule has 1 heterocycles. The lowest BCUT2D eigenvalue weighted by molar-refractivity contribution is -0.143. The Bertz CT molecular complexity index is 509. The molecule has 120 valence electrons. The molecule has 1 saturated heterocycles. The number of carbonyl (C=O) groups excluding carboxylic acids is 1. The van der Waals surface area contributed by atoms with E-state index in [9.17, 15) is 9.59 Å². The molecule has 2 amide bonds. The van der Waals surface area contributed by atoms with Crippen molar-refractivity contribution in [1.29, 1.82) is 0 Å². The molecule has 0 spiro atoms. The number of carbonyl (C=O) groups is 2. The molecule has 0 aliphatic carbocycles. The maximum atomic E-state index is 12.1. The standard InChI is InChI=1S/C16H22N2O3S/c1-12-9-13(15(19)20)11-18(10-12)16(21)17-7-8-22-14-5-3-2-4-6-14/h2-6,12-13H,7-11H2,1H3,(H,17,21)(H,19,20). The lowest BCUT2D eigenvalue weighted by Crippen LogP contribution is -2.49. The first kappa shape index (κ1) is 16.7. The van der Waals surface area contributed by atoms with Crippen LogP contribution in [0.2, 0.25) is 0 Å². The van der Waals surface area contributed by atoms with E-state index in [1.165, 1.54) is 4.90 Å². The highest BCUT2D eigenvalue weighted by Gasteiger charge is 2.31. The summed E-state index contributed by atoms with van der Waals surface area (Å²) < 4.78 is 0. The van der Waals surface area contributed by atoms with Gasteiger partial charge in [-0.05, 0) is 24.5 Å². The van der Waals surface area contributed by atoms with E-state index in [-0.39, 0.29) is 11.9 Å². The number of carboxylic acids is 1. The van der Waals surface area contributed by atoms with Crippen LogP contribution in [0.4, 0.5) is 4.79 Å². The van der Waals surface area contributed by atoms with Gasteiger partial charge >= 0.3 is 12.0 Å². The van der Waals surface area contributed by atoms with Gasteiger partial charge in [0.1, 0.15) is 0 Å². The van der Waals surface area contributed by atoms with Gasteiger partial charge in [0.05, 0.1) is 5.92 Å². The fourth-order valence-corrected chi connectivity index (χ4v) is 3.44. The average Bonchev–Trinajstić information content (AvgIpc) is 2.51. The highest BCUT2D eigenvalue weighted by atomic mass is 32.2. The summed E-state index contributed by atoms with van der Waals surface area (Å²) in [4.78, 5) is 26.1. The molecule has 6 heteroatoms. The van der Waals surface area contributed by atoms with E-state index in [1.54, 1.807) is 16.7 Å². The minimum atomic E-state index is -0.816. The van der Waals surface area contributed by atoms with Crippen LogP contribution in [0.5, 0.6) is 0 Å². The molecule has 2 atom stereocenters. The largest absolute Gasteiger partial charge is 0.481 e. The second kappa shape index (κ2) is 8.08. The van der Waals surface area contributed by atoms with Crippen molar-refractivity contribution in [2.24, 2.45) is 11.8 Å². The number of nitrogens with zero attached hydrogens (tertiary/aromatic N) is 1. The molecule has 1 aromatic carbocycles. The molecule has 1 aliphatic rings. The number of piperidine rings is 1. The van der Waals surface area contributed by atoms with Crippen molar-refractivity contribution < 1.29 is 14.7 Å². The normalized spacial score (nSPS) is 21.4. The molecule has 1 fully saturated rings. The predicted molar refractivity (Wildman–Crippen MR) is 87.0 cm³/mol. The molecule has 1 aromatic rings. The molecule has 5 nitrogen and oxygen atoms in total. The van der Waals surface area contributed by atoms with E-state index in [2.05, 4.69) is 5.32 Å². The number of hydrogen-bond acceptors (Lipinski definition) is 3. The number of thioether (sulfide) groups is 1. The van der Waals surface area contributed by atoms with E-state index >= 15 is 0 Å². The number of carboxylic acid groups (broad SMARTS) is 1. The maximum absolute atomic E-state index is 12.1. The Morgan fingerprint density at radius 2 is 2.05 bits per heavy atom. The molecule has 0 radical (unpaired) electrons. The van der Waals surface area contributed by atoms with E-state index in [1.807, 2.05) is 37.3 Å². The van der Waals surface area contributed by atoms with Gasteiger partial charge in [-0.25, -0.2) is 4.79 Å². The van der Waals surface area contributed by atoms with Crippen molar-refractivity contribution in [2.45, 2.75) is 18.2 Å². The van der Waals surface area contributed by atoms with Crippen LogP contribution in [0, 0.1) is 11.8 Å². The van der Waals surface area contributed by atoms with Crippen LogP contribution in [0.1, 0.15) is 13.3 Å². The Hall–Kier alpha value is -1.69. The number of benzene rings is 1. The minimum Gasteiger partial charge on any atom is -0.481 e. The van der Waals surface area contributed by atoms with E-state index < -0.39 is 11.9 Å². The SMILES string of the molecule is CC1CC(C(=O)O)CN(C(=O)NCCSc2ccccc2)C1. The second-order valence-electron chi connectivity index (χ2n) is 5.67. The summed E-state index contributed by atoms with van der Waals surface area (Å²) in [6.07, 6.45) is 0.642. The first-order valence-corrected chi connectivity index (χ1v) is 8.48. The van der Waals surface area contributed by atoms with Crippen LogP contribution in [0.15, 0.2) is 35.2 Å². The summed E-state index contributed by atoms with van der Waals surface area (Å²) >= 11 is 1.69. The Morgan fingerprint density at radius 3 is 2.73 bits per heavy atom. The first-order chi connectivity index (χ1) is 10.6. The summed E-state index contributed by atoms with van der Waals surface area (Å²) in [7, 11) is 0. The second-order valence-corrected chi connectivity index (χ2v) is 6.84. The average molecular weight is 322 g/mol. The smallest absolute Gasteiger partial charge is 0.317 e. The van der Waals surface area contributed by atoms with E-state index in [0.29, 0.717) is 26.1 Å².